The van der Waals surface area contributed by atoms with E-state index >= 15 is 0 Å². The summed E-state index contributed by atoms with van der Waals surface area (Å²) in [5, 5.41) is 17.9. The Hall–Kier alpha value is -2.47. The molecule has 6 heteroatoms. The molecule has 1 aliphatic rings. The van der Waals surface area contributed by atoms with E-state index < -0.39 is 12.2 Å². The first-order chi connectivity index (χ1) is 10.6. The van der Waals surface area contributed by atoms with Crippen LogP contribution in [0.1, 0.15) is 18.5 Å². The third kappa shape index (κ3) is 3.07. The molecule has 3 rings (SSSR count). The Morgan fingerprint density at radius 2 is 2.14 bits per heavy atom. The normalized spacial score (nSPS) is 22.0. The van der Waals surface area contributed by atoms with Gasteiger partial charge < -0.3 is 9.84 Å². The summed E-state index contributed by atoms with van der Waals surface area (Å²) in [4.78, 5) is 11.4. The average molecular weight is 299 g/mol. The van der Waals surface area contributed by atoms with Crippen molar-refractivity contribution in [2.45, 2.75) is 25.0 Å². The van der Waals surface area contributed by atoms with E-state index in [4.69, 9.17) is 4.74 Å². The Bertz CT molecular complexity index is 694. The van der Waals surface area contributed by atoms with Crippen molar-refractivity contribution in [1.29, 1.82) is 0 Å². The molecule has 22 heavy (non-hydrogen) atoms. The maximum Gasteiger partial charge on any atom is 0.309 e. The summed E-state index contributed by atoms with van der Waals surface area (Å²) in [6.07, 6.45) is 3.01. The molecule has 2 heterocycles. The molecule has 0 spiro atoms. The molecule has 0 radical (unpaired) electrons. The molecule has 2 unspecified atom stereocenters. The first kappa shape index (κ1) is 14.5. The SMILES string of the molecule is Cn1nnc(-c2ccccc2)c1C=CC1CC(O)CC(=O)O1. The minimum absolute atomic E-state index is 0.0624. The quantitative estimate of drug-likeness (QED) is 0.870. The highest BCUT2D eigenvalue weighted by Crippen LogP contribution is 2.23. The van der Waals surface area contributed by atoms with Crippen molar-refractivity contribution in [2.24, 2.45) is 7.05 Å². The zero-order valence-electron chi connectivity index (χ0n) is 12.2. The number of benzene rings is 1. The lowest BCUT2D eigenvalue weighted by atomic mass is 10.0. The van der Waals surface area contributed by atoms with Crippen LogP contribution in [0.15, 0.2) is 36.4 Å². The van der Waals surface area contributed by atoms with E-state index in [0.717, 1.165) is 17.0 Å². The average Bonchev–Trinajstić information content (AvgIpc) is 2.86. The van der Waals surface area contributed by atoms with E-state index in [9.17, 15) is 9.90 Å². The van der Waals surface area contributed by atoms with Crippen molar-refractivity contribution in [2.75, 3.05) is 0 Å². The molecular formula is C16H17N3O3. The Kier molecular flexibility index (Phi) is 4.02. The van der Waals surface area contributed by atoms with Gasteiger partial charge in [0.25, 0.3) is 0 Å². The number of carbonyl (C=O) groups is 1. The molecule has 0 saturated carbocycles. The maximum absolute atomic E-state index is 11.4. The van der Waals surface area contributed by atoms with Gasteiger partial charge in [0, 0.05) is 19.0 Å². The van der Waals surface area contributed by atoms with Crippen LogP contribution in [0.3, 0.4) is 0 Å². The van der Waals surface area contributed by atoms with Crippen LogP contribution in [0.5, 0.6) is 0 Å². The molecule has 1 fully saturated rings. The highest BCUT2D eigenvalue weighted by atomic mass is 16.5. The molecule has 6 nitrogen and oxygen atoms in total. The zero-order valence-corrected chi connectivity index (χ0v) is 12.2. The molecular weight excluding hydrogens is 282 g/mol. The number of rotatable bonds is 3. The molecule has 2 aromatic rings. The van der Waals surface area contributed by atoms with Crippen LogP contribution in [0.2, 0.25) is 0 Å². The van der Waals surface area contributed by atoms with Gasteiger partial charge >= 0.3 is 5.97 Å². The topological polar surface area (TPSA) is 77.2 Å². The largest absolute Gasteiger partial charge is 0.458 e. The highest BCUT2D eigenvalue weighted by molar-refractivity contribution is 5.72. The number of hydrogen-bond acceptors (Lipinski definition) is 5. The second-order valence-corrected chi connectivity index (χ2v) is 5.29. The van der Waals surface area contributed by atoms with Gasteiger partial charge in [-0.1, -0.05) is 35.5 Å². The minimum atomic E-state index is -0.644. The lowest BCUT2D eigenvalue weighted by molar-refractivity contribution is -0.156. The third-order valence-corrected chi connectivity index (χ3v) is 3.58. The summed E-state index contributed by atoms with van der Waals surface area (Å²) < 4.78 is 6.87. The van der Waals surface area contributed by atoms with E-state index in [1.165, 1.54) is 0 Å². The fourth-order valence-electron chi connectivity index (χ4n) is 2.48. The molecule has 2 atom stereocenters. The van der Waals surface area contributed by atoms with Crippen LogP contribution in [0.4, 0.5) is 0 Å². The fraction of sp³-hybridized carbons (Fsp3) is 0.312. The van der Waals surface area contributed by atoms with Crippen molar-refractivity contribution >= 4 is 12.0 Å². The second-order valence-electron chi connectivity index (χ2n) is 5.29. The van der Waals surface area contributed by atoms with Gasteiger partial charge in [0.1, 0.15) is 11.8 Å². The van der Waals surface area contributed by atoms with Crippen LogP contribution >= 0.6 is 0 Å². The number of ether oxygens (including phenoxy) is 1. The van der Waals surface area contributed by atoms with Crippen LogP contribution in [-0.2, 0) is 16.6 Å². The van der Waals surface area contributed by atoms with Crippen LogP contribution in [0, 0.1) is 0 Å². The Morgan fingerprint density at radius 3 is 2.86 bits per heavy atom. The summed E-state index contributed by atoms with van der Waals surface area (Å²) in [6, 6.07) is 9.75. The van der Waals surface area contributed by atoms with Crippen molar-refractivity contribution in [3.63, 3.8) is 0 Å². The van der Waals surface area contributed by atoms with Gasteiger partial charge in [-0.2, -0.15) is 0 Å². The molecule has 1 aliphatic heterocycles. The van der Waals surface area contributed by atoms with Gasteiger partial charge in [-0.25, -0.2) is 4.68 Å². The number of esters is 1. The lowest BCUT2D eigenvalue weighted by Crippen LogP contribution is -2.31. The molecule has 0 amide bonds. The Labute approximate surface area is 128 Å². The first-order valence-electron chi connectivity index (χ1n) is 7.14. The number of carbonyl (C=O) groups excluding carboxylic acids is 1. The number of aliphatic hydroxyl groups excluding tert-OH is 1. The number of aliphatic hydroxyl groups is 1. The molecule has 1 N–H and O–H groups in total. The van der Waals surface area contributed by atoms with Crippen LogP contribution in [-0.4, -0.2) is 38.3 Å². The van der Waals surface area contributed by atoms with Crippen molar-refractivity contribution < 1.29 is 14.6 Å². The smallest absolute Gasteiger partial charge is 0.309 e. The number of aryl methyl sites for hydroxylation is 1. The van der Waals surface area contributed by atoms with Crippen LogP contribution < -0.4 is 0 Å². The number of nitrogens with zero attached hydrogens (tertiary/aromatic N) is 3. The van der Waals surface area contributed by atoms with Crippen molar-refractivity contribution in [3.8, 4) is 11.3 Å². The second kappa shape index (κ2) is 6.11. The van der Waals surface area contributed by atoms with E-state index in [1.54, 1.807) is 17.8 Å². The molecule has 1 saturated heterocycles. The molecule has 1 aromatic heterocycles. The van der Waals surface area contributed by atoms with Gasteiger partial charge in [-0.05, 0) is 12.2 Å². The van der Waals surface area contributed by atoms with E-state index in [2.05, 4.69) is 10.3 Å². The van der Waals surface area contributed by atoms with Crippen molar-refractivity contribution in [3.05, 3.63) is 42.1 Å². The summed E-state index contributed by atoms with van der Waals surface area (Å²) in [7, 11) is 1.81. The van der Waals surface area contributed by atoms with E-state index in [1.807, 2.05) is 36.4 Å². The summed E-state index contributed by atoms with van der Waals surface area (Å²) in [5.41, 5.74) is 2.56. The Balaban J connectivity index is 1.85. The summed E-state index contributed by atoms with van der Waals surface area (Å²) >= 11 is 0. The van der Waals surface area contributed by atoms with Crippen molar-refractivity contribution in [1.82, 2.24) is 15.0 Å². The van der Waals surface area contributed by atoms with Gasteiger partial charge in [-0.15, -0.1) is 5.10 Å². The van der Waals surface area contributed by atoms with Gasteiger partial charge in [0.15, 0.2) is 0 Å². The van der Waals surface area contributed by atoms with Crippen LogP contribution in [0.25, 0.3) is 17.3 Å². The van der Waals surface area contributed by atoms with Gasteiger partial charge in [-0.3, -0.25) is 4.79 Å². The number of cyclic esters (lactones) is 1. The summed E-state index contributed by atoms with van der Waals surface area (Å²) in [6.45, 7) is 0. The fourth-order valence-corrected chi connectivity index (χ4v) is 2.48. The van der Waals surface area contributed by atoms with E-state index in [-0.39, 0.29) is 12.4 Å². The molecule has 114 valence electrons. The Morgan fingerprint density at radius 1 is 1.36 bits per heavy atom. The molecule has 0 bridgehead atoms. The lowest BCUT2D eigenvalue weighted by Gasteiger charge is -2.23. The third-order valence-electron chi connectivity index (χ3n) is 3.58. The van der Waals surface area contributed by atoms with Gasteiger partial charge in [0.05, 0.1) is 18.2 Å². The predicted molar refractivity (Wildman–Crippen MR) is 80.6 cm³/mol. The van der Waals surface area contributed by atoms with E-state index in [0.29, 0.717) is 6.42 Å². The zero-order chi connectivity index (χ0) is 15.5. The monoisotopic (exact) mass is 299 g/mol. The maximum atomic E-state index is 11.4. The molecule has 1 aromatic carbocycles. The highest BCUT2D eigenvalue weighted by Gasteiger charge is 2.25. The van der Waals surface area contributed by atoms with Gasteiger partial charge in [0.2, 0.25) is 0 Å². The standard InChI is InChI=1S/C16H17N3O3/c1-19-14(8-7-13-9-12(20)10-15(21)22-13)16(17-18-19)11-5-3-2-4-6-11/h2-8,12-13,20H,9-10H2,1H3. The summed E-state index contributed by atoms with van der Waals surface area (Å²) in [5.74, 6) is -0.375. The predicted octanol–water partition coefficient (Wildman–Crippen LogP) is 1.56. The molecule has 0 aliphatic carbocycles. The number of aromatic nitrogens is 3. The minimum Gasteiger partial charge on any atom is -0.458 e. The first-order valence-corrected chi connectivity index (χ1v) is 7.14. The number of hydrogen-bond donors (Lipinski definition) is 1.